The highest BCUT2D eigenvalue weighted by Crippen LogP contribution is 2.42. The molecule has 0 aromatic carbocycles. The van der Waals surface area contributed by atoms with Gasteiger partial charge in [-0.25, -0.2) is 13.2 Å². The number of fused-ring (bicyclic) bond motifs is 2. The molecule has 3 aliphatic rings. The van der Waals surface area contributed by atoms with Gasteiger partial charge in [0, 0.05) is 22.5 Å². The molecule has 2 aliphatic heterocycles. The summed E-state index contributed by atoms with van der Waals surface area (Å²) in [6, 6.07) is 0.738. The van der Waals surface area contributed by atoms with Crippen LogP contribution in [0.25, 0.3) is 0 Å². The van der Waals surface area contributed by atoms with Gasteiger partial charge in [-0.15, -0.1) is 11.3 Å². The molecule has 3 heterocycles. The minimum atomic E-state index is -3.17. The van der Waals surface area contributed by atoms with Gasteiger partial charge in [0.05, 0.1) is 11.5 Å². The van der Waals surface area contributed by atoms with Crippen LogP contribution >= 0.6 is 11.3 Å². The zero-order valence-corrected chi connectivity index (χ0v) is 18.9. The van der Waals surface area contributed by atoms with Crippen LogP contribution in [0.3, 0.4) is 0 Å². The third kappa shape index (κ3) is 3.43. The molecule has 3 atom stereocenters. The van der Waals surface area contributed by atoms with Gasteiger partial charge >= 0.3 is 6.03 Å². The molecule has 2 saturated heterocycles. The number of carbonyl (C=O) groups is 3. The summed E-state index contributed by atoms with van der Waals surface area (Å²) in [6.07, 6.45) is 3.24. The predicted octanol–water partition coefficient (Wildman–Crippen LogP) is 1.65. The van der Waals surface area contributed by atoms with E-state index in [-0.39, 0.29) is 35.9 Å². The second-order valence-electron chi connectivity index (χ2n) is 8.45. The summed E-state index contributed by atoms with van der Waals surface area (Å²) in [5.74, 6) is -0.770. The van der Waals surface area contributed by atoms with Crippen molar-refractivity contribution in [2.45, 2.75) is 63.6 Å². The van der Waals surface area contributed by atoms with E-state index in [1.165, 1.54) is 0 Å². The standard InChI is InChI=1S/C20H27N3O5S2/c1-3-13(2)23(14-7-10-30(27,28)12-14)17(24)11-22-18(25)20(21-19(22)26)8-4-5-16-15(20)6-9-29-16/h6,9,13-14H,3-5,7-8,10-12H2,1-2H3,(H,21,26)/t13-,14+,20-/m0/s1. The van der Waals surface area contributed by atoms with Gasteiger partial charge in [-0.05, 0) is 50.5 Å². The molecule has 0 radical (unpaired) electrons. The number of aryl methyl sites for hydroxylation is 1. The second-order valence-corrected chi connectivity index (χ2v) is 11.7. The molecule has 4 rings (SSSR count). The fourth-order valence-electron chi connectivity index (χ4n) is 4.90. The van der Waals surface area contributed by atoms with E-state index in [0.29, 0.717) is 19.3 Å². The first-order chi connectivity index (χ1) is 14.2. The number of amides is 4. The minimum Gasteiger partial charge on any atom is -0.334 e. The number of sulfone groups is 1. The first-order valence-electron chi connectivity index (χ1n) is 10.4. The quantitative estimate of drug-likeness (QED) is 0.683. The van der Waals surface area contributed by atoms with E-state index in [1.807, 2.05) is 25.3 Å². The lowest BCUT2D eigenvalue weighted by molar-refractivity contribution is -0.142. The monoisotopic (exact) mass is 453 g/mol. The van der Waals surface area contributed by atoms with Crippen molar-refractivity contribution in [3.8, 4) is 0 Å². The highest BCUT2D eigenvalue weighted by molar-refractivity contribution is 7.91. The maximum atomic E-state index is 13.4. The van der Waals surface area contributed by atoms with Crippen LogP contribution in [0.1, 0.15) is 50.0 Å². The predicted molar refractivity (Wildman–Crippen MR) is 113 cm³/mol. The summed E-state index contributed by atoms with van der Waals surface area (Å²) < 4.78 is 23.9. The lowest BCUT2D eigenvalue weighted by atomic mass is 9.80. The van der Waals surface area contributed by atoms with Gasteiger partial charge in [-0.1, -0.05) is 6.92 Å². The number of urea groups is 1. The first-order valence-corrected chi connectivity index (χ1v) is 13.1. The van der Waals surface area contributed by atoms with Crippen LogP contribution in [0.4, 0.5) is 4.79 Å². The fraction of sp³-hybridized carbons (Fsp3) is 0.650. The number of hydrogen-bond acceptors (Lipinski definition) is 6. The van der Waals surface area contributed by atoms with Crippen molar-refractivity contribution in [2.24, 2.45) is 0 Å². The average Bonchev–Trinajstić information content (AvgIpc) is 3.37. The zero-order valence-electron chi connectivity index (χ0n) is 17.2. The van der Waals surface area contributed by atoms with Crippen LogP contribution in [-0.4, -0.2) is 66.2 Å². The van der Waals surface area contributed by atoms with Crippen LogP contribution in [-0.2, 0) is 31.4 Å². The van der Waals surface area contributed by atoms with Gasteiger partial charge in [0.2, 0.25) is 5.91 Å². The summed E-state index contributed by atoms with van der Waals surface area (Å²) in [5.41, 5.74) is -0.240. The van der Waals surface area contributed by atoms with E-state index in [4.69, 9.17) is 0 Å². The molecule has 2 fully saturated rings. The molecule has 0 bridgehead atoms. The van der Waals surface area contributed by atoms with E-state index < -0.39 is 27.4 Å². The maximum absolute atomic E-state index is 13.4. The van der Waals surface area contributed by atoms with Gasteiger partial charge in [-0.3, -0.25) is 14.5 Å². The topological polar surface area (TPSA) is 104 Å². The molecule has 10 heteroatoms. The van der Waals surface area contributed by atoms with E-state index in [9.17, 15) is 22.8 Å². The Morgan fingerprint density at radius 1 is 1.43 bits per heavy atom. The van der Waals surface area contributed by atoms with Crippen molar-refractivity contribution in [3.63, 3.8) is 0 Å². The SMILES string of the molecule is CC[C@H](C)N(C(=O)CN1C(=O)N[C@]2(CCCc3sccc32)C1=O)[C@@H]1CCS(=O)(=O)C1. The summed E-state index contributed by atoms with van der Waals surface area (Å²) in [4.78, 5) is 43.0. The maximum Gasteiger partial charge on any atom is 0.325 e. The number of carbonyl (C=O) groups excluding carboxylic acids is 3. The Labute approximate surface area is 180 Å². The zero-order chi connectivity index (χ0) is 21.7. The van der Waals surface area contributed by atoms with Crippen molar-refractivity contribution >= 4 is 39.0 Å². The Bertz CT molecular complexity index is 988. The number of nitrogens with zero attached hydrogens (tertiary/aromatic N) is 2. The molecular weight excluding hydrogens is 426 g/mol. The van der Waals surface area contributed by atoms with Crippen molar-refractivity contribution in [3.05, 3.63) is 21.9 Å². The van der Waals surface area contributed by atoms with E-state index in [2.05, 4.69) is 5.32 Å². The highest BCUT2D eigenvalue weighted by Gasteiger charge is 2.55. The highest BCUT2D eigenvalue weighted by atomic mass is 32.2. The van der Waals surface area contributed by atoms with Crippen molar-refractivity contribution in [1.29, 1.82) is 0 Å². The van der Waals surface area contributed by atoms with Gasteiger partial charge in [0.1, 0.15) is 12.1 Å². The van der Waals surface area contributed by atoms with E-state index in [0.717, 1.165) is 28.2 Å². The first kappa shape index (κ1) is 21.3. The van der Waals surface area contributed by atoms with Crippen LogP contribution in [0.5, 0.6) is 0 Å². The molecule has 0 saturated carbocycles. The fourth-order valence-corrected chi connectivity index (χ4v) is 7.61. The molecular formula is C20H27N3O5S2. The smallest absolute Gasteiger partial charge is 0.325 e. The molecule has 4 amide bonds. The normalized spacial score (nSPS) is 28.5. The molecule has 164 valence electrons. The number of thiophene rings is 1. The number of hydrogen-bond donors (Lipinski definition) is 1. The van der Waals surface area contributed by atoms with Gasteiger partial charge in [0.25, 0.3) is 5.91 Å². The number of nitrogens with one attached hydrogen (secondary N) is 1. The van der Waals surface area contributed by atoms with Crippen LogP contribution < -0.4 is 5.32 Å². The number of imide groups is 1. The molecule has 1 spiro atoms. The van der Waals surface area contributed by atoms with Crippen molar-refractivity contribution < 1.29 is 22.8 Å². The Morgan fingerprint density at radius 3 is 2.87 bits per heavy atom. The Balaban J connectivity index is 1.57. The van der Waals surface area contributed by atoms with E-state index in [1.54, 1.807) is 16.2 Å². The summed E-state index contributed by atoms with van der Waals surface area (Å²) in [6.45, 7) is 3.43. The van der Waals surface area contributed by atoms with Crippen molar-refractivity contribution in [1.82, 2.24) is 15.1 Å². The molecule has 1 aliphatic carbocycles. The van der Waals surface area contributed by atoms with Gasteiger partial charge in [-0.2, -0.15) is 0 Å². The summed E-state index contributed by atoms with van der Waals surface area (Å²) in [7, 11) is -3.17. The number of rotatable bonds is 5. The largest absolute Gasteiger partial charge is 0.334 e. The lowest BCUT2D eigenvalue weighted by Gasteiger charge is -2.35. The van der Waals surface area contributed by atoms with Crippen molar-refractivity contribution in [2.75, 3.05) is 18.1 Å². The van der Waals surface area contributed by atoms with Crippen LogP contribution in [0, 0.1) is 0 Å². The third-order valence-corrected chi connectivity index (χ3v) is 9.32. The average molecular weight is 454 g/mol. The van der Waals surface area contributed by atoms with Gasteiger partial charge < -0.3 is 10.2 Å². The Hall–Kier alpha value is -1.94. The molecule has 0 unspecified atom stereocenters. The molecule has 1 N–H and O–H groups in total. The molecule has 1 aromatic rings. The molecule has 30 heavy (non-hydrogen) atoms. The lowest BCUT2D eigenvalue weighted by Crippen LogP contribution is -2.52. The molecule has 1 aromatic heterocycles. The summed E-state index contributed by atoms with van der Waals surface area (Å²) >= 11 is 1.58. The van der Waals surface area contributed by atoms with Crippen LogP contribution in [0.2, 0.25) is 0 Å². The third-order valence-electron chi connectivity index (χ3n) is 6.59. The van der Waals surface area contributed by atoms with Crippen LogP contribution in [0.15, 0.2) is 11.4 Å². The van der Waals surface area contributed by atoms with E-state index >= 15 is 0 Å². The second kappa shape index (κ2) is 7.64. The molecule has 8 nitrogen and oxygen atoms in total. The Morgan fingerprint density at radius 2 is 2.20 bits per heavy atom. The summed E-state index contributed by atoms with van der Waals surface area (Å²) in [5, 5.41) is 4.79. The minimum absolute atomic E-state index is 0.0606. The van der Waals surface area contributed by atoms with Gasteiger partial charge in [0.15, 0.2) is 9.84 Å². The Kier molecular flexibility index (Phi) is 5.42.